The van der Waals surface area contributed by atoms with Crippen LogP contribution in [0.1, 0.15) is 9.97 Å². The Bertz CT molecular complexity index is 1300. The lowest BCUT2D eigenvalue weighted by atomic mass is 10.1. The third-order valence-corrected chi connectivity index (χ3v) is 5.94. The molecule has 0 amide bonds. The largest absolute Gasteiger partial charge is 0.415 e. The minimum Gasteiger partial charge on any atom is -0.415 e. The highest BCUT2D eigenvalue weighted by molar-refractivity contribution is 7.89. The van der Waals surface area contributed by atoms with Crippen LogP contribution in [0.4, 0.5) is 0 Å². The molecule has 0 atom stereocenters. The smallest absolute Gasteiger partial charge is 0.268 e. The normalized spacial score (nSPS) is 11.5. The van der Waals surface area contributed by atoms with Crippen molar-refractivity contribution in [2.75, 3.05) is 13.2 Å². The maximum Gasteiger partial charge on any atom is 0.268 e. The van der Waals surface area contributed by atoms with Crippen molar-refractivity contribution in [3.8, 4) is 34.3 Å². The van der Waals surface area contributed by atoms with Crippen LogP contribution >= 0.6 is 0 Å². The van der Waals surface area contributed by atoms with Crippen LogP contribution in [-0.4, -0.2) is 46.8 Å². The molecular formula is C21H25N5O4S. The SMILES string of the molecule is Cc1ncc(-c2ccc(S(=O)(=O)NCCO)cc2)nc1-c1nnc(-c2ccccc2)o1.[HH].[HH].[HH]. The highest BCUT2D eigenvalue weighted by atomic mass is 32.2. The summed E-state index contributed by atoms with van der Waals surface area (Å²) in [5, 5.41) is 17.0. The summed E-state index contributed by atoms with van der Waals surface area (Å²) in [7, 11) is -3.68. The minimum atomic E-state index is -3.68. The van der Waals surface area contributed by atoms with E-state index in [2.05, 4.69) is 24.9 Å². The number of aryl methyl sites for hydroxylation is 1. The first-order valence-corrected chi connectivity index (χ1v) is 10.9. The molecule has 0 saturated carbocycles. The molecule has 0 bridgehead atoms. The highest BCUT2D eigenvalue weighted by Crippen LogP contribution is 2.27. The van der Waals surface area contributed by atoms with Crippen LogP contribution < -0.4 is 4.72 Å². The van der Waals surface area contributed by atoms with Gasteiger partial charge in [0.2, 0.25) is 15.9 Å². The number of nitrogens with zero attached hydrogens (tertiary/aromatic N) is 4. The Morgan fingerprint density at radius 2 is 1.71 bits per heavy atom. The molecule has 2 N–H and O–H groups in total. The second-order valence-electron chi connectivity index (χ2n) is 6.61. The van der Waals surface area contributed by atoms with Crippen LogP contribution in [0.25, 0.3) is 34.3 Å². The molecule has 10 heteroatoms. The van der Waals surface area contributed by atoms with Gasteiger partial charge in [-0.25, -0.2) is 18.1 Å². The molecule has 4 rings (SSSR count). The van der Waals surface area contributed by atoms with Crippen LogP contribution in [-0.2, 0) is 10.0 Å². The van der Waals surface area contributed by atoms with Gasteiger partial charge in [-0.2, -0.15) is 0 Å². The van der Waals surface area contributed by atoms with Gasteiger partial charge in [-0.1, -0.05) is 30.3 Å². The Labute approximate surface area is 183 Å². The Morgan fingerprint density at radius 1 is 1.00 bits per heavy atom. The third kappa shape index (κ3) is 4.50. The van der Waals surface area contributed by atoms with Gasteiger partial charge < -0.3 is 9.52 Å². The first-order valence-electron chi connectivity index (χ1n) is 9.42. The molecule has 2 aromatic heterocycles. The fourth-order valence-electron chi connectivity index (χ4n) is 2.88. The molecule has 9 nitrogen and oxygen atoms in total. The molecule has 164 valence electrons. The highest BCUT2D eigenvalue weighted by Gasteiger charge is 2.17. The fourth-order valence-corrected chi connectivity index (χ4v) is 3.90. The van der Waals surface area contributed by atoms with Gasteiger partial charge in [0, 0.05) is 22.0 Å². The van der Waals surface area contributed by atoms with E-state index in [0.29, 0.717) is 28.5 Å². The van der Waals surface area contributed by atoms with Crippen molar-refractivity contribution in [1.82, 2.24) is 24.9 Å². The maximum absolute atomic E-state index is 12.2. The fraction of sp³-hybridized carbons (Fsp3) is 0.143. The number of rotatable bonds is 7. The number of aromatic nitrogens is 4. The van der Waals surface area contributed by atoms with E-state index in [0.717, 1.165) is 5.56 Å². The number of aliphatic hydroxyl groups is 1. The summed E-state index contributed by atoms with van der Waals surface area (Å²) >= 11 is 0. The van der Waals surface area contributed by atoms with E-state index in [9.17, 15) is 8.42 Å². The van der Waals surface area contributed by atoms with Crippen molar-refractivity contribution in [3.63, 3.8) is 0 Å². The topological polar surface area (TPSA) is 131 Å². The van der Waals surface area contributed by atoms with Crippen molar-refractivity contribution < 1.29 is 22.2 Å². The summed E-state index contributed by atoms with van der Waals surface area (Å²) in [5.41, 5.74) is 3.09. The standard InChI is InChI=1S/C21H19N5O4S.3H2/c1-14-19(21-26-25-20(30-21)16-5-3-2-4-6-16)24-18(13-22-14)15-7-9-17(10-8-15)31(28,29)23-11-12-27;;;/h2-10,13,23,27H,11-12H2,1H3;3*1H. The van der Waals surface area contributed by atoms with Gasteiger partial charge in [0.1, 0.15) is 5.69 Å². The predicted octanol–water partition coefficient (Wildman–Crippen LogP) is 3.18. The molecule has 4 aromatic rings. The Kier molecular flexibility index (Phi) is 5.85. The molecule has 0 aliphatic carbocycles. The molecule has 0 aliphatic rings. The molecular weight excluding hydrogens is 418 g/mol. The van der Waals surface area contributed by atoms with E-state index in [4.69, 9.17) is 9.52 Å². The quantitative estimate of drug-likeness (QED) is 0.445. The van der Waals surface area contributed by atoms with Gasteiger partial charge in [-0.15, -0.1) is 10.2 Å². The van der Waals surface area contributed by atoms with E-state index in [-0.39, 0.29) is 28.2 Å². The average Bonchev–Trinajstić information content (AvgIpc) is 3.29. The second-order valence-corrected chi connectivity index (χ2v) is 8.38. The zero-order valence-electron chi connectivity index (χ0n) is 16.6. The summed E-state index contributed by atoms with van der Waals surface area (Å²) < 4.78 is 32.4. The number of aliphatic hydroxyl groups excluding tert-OH is 1. The van der Waals surface area contributed by atoms with Crippen LogP contribution in [0.15, 0.2) is 70.1 Å². The lowest BCUT2D eigenvalue weighted by Crippen LogP contribution is -2.26. The molecule has 2 aromatic carbocycles. The van der Waals surface area contributed by atoms with E-state index >= 15 is 0 Å². The number of benzene rings is 2. The maximum atomic E-state index is 12.2. The summed E-state index contributed by atoms with van der Waals surface area (Å²) in [6.45, 7) is 1.47. The van der Waals surface area contributed by atoms with Crippen LogP contribution in [0.3, 0.4) is 0 Å². The van der Waals surface area contributed by atoms with Crippen molar-refractivity contribution in [2.45, 2.75) is 11.8 Å². The van der Waals surface area contributed by atoms with Gasteiger partial charge in [0.05, 0.1) is 29.1 Å². The van der Waals surface area contributed by atoms with Gasteiger partial charge in [0.25, 0.3) is 5.89 Å². The first-order chi connectivity index (χ1) is 15.0. The second kappa shape index (κ2) is 8.72. The van der Waals surface area contributed by atoms with E-state index < -0.39 is 10.0 Å². The number of nitrogens with one attached hydrogen (secondary N) is 1. The zero-order valence-corrected chi connectivity index (χ0v) is 17.4. The molecule has 2 heterocycles. The molecule has 31 heavy (non-hydrogen) atoms. The van der Waals surface area contributed by atoms with E-state index in [1.807, 2.05) is 30.3 Å². The molecule has 0 fully saturated rings. The van der Waals surface area contributed by atoms with Gasteiger partial charge in [-0.3, -0.25) is 4.98 Å². The zero-order chi connectivity index (χ0) is 21.8. The van der Waals surface area contributed by atoms with Gasteiger partial charge >= 0.3 is 0 Å². The van der Waals surface area contributed by atoms with Crippen LogP contribution in [0.5, 0.6) is 0 Å². The van der Waals surface area contributed by atoms with Crippen molar-refractivity contribution in [3.05, 3.63) is 66.5 Å². The summed E-state index contributed by atoms with van der Waals surface area (Å²) in [4.78, 5) is 9.07. The molecule has 0 radical (unpaired) electrons. The van der Waals surface area contributed by atoms with Crippen LogP contribution in [0, 0.1) is 6.92 Å². The van der Waals surface area contributed by atoms with Gasteiger partial charge in [-0.05, 0) is 31.2 Å². The predicted molar refractivity (Wildman–Crippen MR) is 120 cm³/mol. The number of hydrogen-bond acceptors (Lipinski definition) is 8. The summed E-state index contributed by atoms with van der Waals surface area (Å²) in [5.74, 6) is 0.630. The molecule has 0 spiro atoms. The molecule has 0 saturated heterocycles. The van der Waals surface area contributed by atoms with Crippen LogP contribution in [0.2, 0.25) is 0 Å². The first kappa shape index (κ1) is 20.8. The number of sulfonamides is 1. The van der Waals surface area contributed by atoms with Crippen molar-refractivity contribution in [2.24, 2.45) is 0 Å². The summed E-state index contributed by atoms with van der Waals surface area (Å²) in [6.07, 6.45) is 1.60. The average molecular weight is 444 g/mol. The van der Waals surface area contributed by atoms with Gasteiger partial charge in [0.15, 0.2) is 0 Å². The summed E-state index contributed by atoms with van der Waals surface area (Å²) in [6, 6.07) is 15.6. The molecule has 0 aliphatic heterocycles. The monoisotopic (exact) mass is 443 g/mol. The third-order valence-electron chi connectivity index (χ3n) is 4.47. The minimum absolute atomic E-state index is 0. The Hall–Kier alpha value is -3.47. The molecule has 0 unspecified atom stereocenters. The lowest BCUT2D eigenvalue weighted by molar-refractivity contribution is 0.301. The Morgan fingerprint density at radius 3 is 2.42 bits per heavy atom. The van der Waals surface area contributed by atoms with Crippen molar-refractivity contribution in [1.29, 1.82) is 0 Å². The number of hydrogen-bond donors (Lipinski definition) is 2. The lowest BCUT2D eigenvalue weighted by Gasteiger charge is -2.07. The van der Waals surface area contributed by atoms with Crippen molar-refractivity contribution >= 4 is 10.0 Å². The van der Waals surface area contributed by atoms with E-state index in [1.165, 1.54) is 12.1 Å². The Balaban J connectivity index is 0.00000193. The van der Waals surface area contributed by atoms with E-state index in [1.54, 1.807) is 25.3 Å².